The fourth-order valence-electron chi connectivity index (χ4n) is 2.95. The summed E-state index contributed by atoms with van der Waals surface area (Å²) in [6.07, 6.45) is -0.337. The lowest BCUT2D eigenvalue weighted by molar-refractivity contribution is -0.143. The first kappa shape index (κ1) is 22.1. The van der Waals surface area contributed by atoms with Crippen LogP contribution in [-0.2, 0) is 27.5 Å². The summed E-state index contributed by atoms with van der Waals surface area (Å²) in [6.45, 7) is 1.76. The predicted octanol–water partition coefficient (Wildman–Crippen LogP) is 2.51. The van der Waals surface area contributed by atoms with E-state index >= 15 is 0 Å². The number of hydrogen-bond donors (Lipinski definition) is 3. The SMILES string of the molecule is O=C(O)CC[C@H](NC(=O)CCN(Cc1ccccc1)Cc1ccccc1)C(=O)O. The highest BCUT2D eigenvalue weighted by Gasteiger charge is 2.21. The summed E-state index contributed by atoms with van der Waals surface area (Å²) < 4.78 is 0. The largest absolute Gasteiger partial charge is 0.481 e. The van der Waals surface area contributed by atoms with E-state index < -0.39 is 23.9 Å². The van der Waals surface area contributed by atoms with Gasteiger partial charge in [0.25, 0.3) is 0 Å². The predicted molar refractivity (Wildman–Crippen MR) is 108 cm³/mol. The molecule has 0 aliphatic carbocycles. The topological polar surface area (TPSA) is 107 Å². The van der Waals surface area contributed by atoms with Gasteiger partial charge in [-0.2, -0.15) is 0 Å². The smallest absolute Gasteiger partial charge is 0.326 e. The molecule has 0 spiro atoms. The molecular weight excluding hydrogens is 372 g/mol. The number of carboxylic acid groups (broad SMARTS) is 2. The Kier molecular flexibility index (Phi) is 8.85. The Bertz CT molecular complexity index is 754. The third-order valence-electron chi connectivity index (χ3n) is 4.43. The first-order chi connectivity index (χ1) is 13.9. The third kappa shape index (κ3) is 8.57. The van der Waals surface area contributed by atoms with Gasteiger partial charge in [-0.1, -0.05) is 60.7 Å². The van der Waals surface area contributed by atoms with E-state index in [9.17, 15) is 19.5 Å². The fraction of sp³-hybridized carbons (Fsp3) is 0.318. The molecule has 0 aliphatic rings. The van der Waals surface area contributed by atoms with E-state index in [0.717, 1.165) is 11.1 Å². The summed E-state index contributed by atoms with van der Waals surface area (Å²) in [5.74, 6) is -2.73. The summed E-state index contributed by atoms with van der Waals surface area (Å²) in [4.78, 5) is 36.3. The molecule has 0 bridgehead atoms. The number of nitrogens with zero attached hydrogens (tertiary/aromatic N) is 1. The number of carbonyl (C=O) groups excluding carboxylic acids is 1. The maximum atomic E-state index is 12.3. The number of hydrogen-bond acceptors (Lipinski definition) is 4. The maximum absolute atomic E-state index is 12.3. The number of carboxylic acids is 2. The van der Waals surface area contributed by atoms with Crippen LogP contribution in [0.1, 0.15) is 30.4 Å². The normalized spacial score (nSPS) is 11.8. The van der Waals surface area contributed by atoms with Gasteiger partial charge in [-0.05, 0) is 17.5 Å². The standard InChI is InChI=1S/C22H26N2O5/c25-20(23-19(22(28)29)11-12-21(26)27)13-14-24(15-17-7-3-1-4-8-17)16-18-9-5-2-6-10-18/h1-10,19H,11-16H2,(H,23,25)(H,26,27)(H,28,29)/t19-/m0/s1. The van der Waals surface area contributed by atoms with Crippen molar-refractivity contribution >= 4 is 17.8 Å². The van der Waals surface area contributed by atoms with Gasteiger partial charge >= 0.3 is 11.9 Å². The Morgan fingerprint density at radius 1 is 0.828 bits per heavy atom. The van der Waals surface area contributed by atoms with Crippen LogP contribution in [0.5, 0.6) is 0 Å². The summed E-state index contributed by atoms with van der Waals surface area (Å²) in [6, 6.07) is 18.6. The van der Waals surface area contributed by atoms with Crippen LogP contribution in [0.15, 0.2) is 60.7 Å². The molecule has 3 N–H and O–H groups in total. The zero-order valence-electron chi connectivity index (χ0n) is 16.2. The number of nitrogens with one attached hydrogen (secondary N) is 1. The van der Waals surface area contributed by atoms with E-state index in [1.54, 1.807) is 0 Å². The number of amides is 1. The summed E-state index contributed by atoms with van der Waals surface area (Å²) in [7, 11) is 0. The monoisotopic (exact) mass is 398 g/mol. The molecule has 2 aromatic carbocycles. The Morgan fingerprint density at radius 3 is 1.79 bits per heavy atom. The van der Waals surface area contributed by atoms with Gasteiger partial charge in [0.05, 0.1) is 0 Å². The molecule has 0 aliphatic heterocycles. The molecule has 7 nitrogen and oxygen atoms in total. The lowest BCUT2D eigenvalue weighted by Crippen LogP contribution is -2.42. The van der Waals surface area contributed by atoms with Crippen LogP contribution in [0, 0.1) is 0 Å². The Balaban J connectivity index is 1.95. The van der Waals surface area contributed by atoms with Crippen molar-refractivity contribution in [2.24, 2.45) is 0 Å². The first-order valence-electron chi connectivity index (χ1n) is 9.48. The quantitative estimate of drug-likeness (QED) is 0.507. The van der Waals surface area contributed by atoms with E-state index in [4.69, 9.17) is 5.11 Å². The van der Waals surface area contributed by atoms with Gasteiger partial charge in [-0.25, -0.2) is 4.79 Å². The van der Waals surface area contributed by atoms with Gasteiger partial charge in [-0.15, -0.1) is 0 Å². The first-order valence-corrected chi connectivity index (χ1v) is 9.48. The van der Waals surface area contributed by atoms with Crippen molar-refractivity contribution in [2.75, 3.05) is 6.54 Å². The van der Waals surface area contributed by atoms with Crippen LogP contribution < -0.4 is 5.32 Å². The molecule has 0 heterocycles. The fourth-order valence-corrected chi connectivity index (χ4v) is 2.95. The summed E-state index contributed by atoms with van der Waals surface area (Å²) in [5, 5.41) is 20.3. The molecule has 0 saturated carbocycles. The second-order valence-electron chi connectivity index (χ2n) is 6.82. The number of aliphatic carboxylic acids is 2. The molecule has 0 fully saturated rings. The number of rotatable bonds is 12. The average molecular weight is 398 g/mol. The lowest BCUT2D eigenvalue weighted by Gasteiger charge is -2.23. The number of carbonyl (C=O) groups is 3. The van der Waals surface area contributed by atoms with E-state index in [-0.39, 0.29) is 19.3 Å². The van der Waals surface area contributed by atoms with Crippen LogP contribution in [0.25, 0.3) is 0 Å². The van der Waals surface area contributed by atoms with Crippen molar-refractivity contribution in [3.63, 3.8) is 0 Å². The van der Waals surface area contributed by atoms with Crippen molar-refractivity contribution in [1.29, 1.82) is 0 Å². The zero-order chi connectivity index (χ0) is 21.1. The minimum absolute atomic E-state index is 0.122. The second kappa shape index (κ2) is 11.6. The van der Waals surface area contributed by atoms with Crippen LogP contribution in [0.2, 0.25) is 0 Å². The molecule has 0 aromatic heterocycles. The highest BCUT2D eigenvalue weighted by atomic mass is 16.4. The van der Waals surface area contributed by atoms with E-state index in [2.05, 4.69) is 10.2 Å². The molecule has 0 unspecified atom stereocenters. The van der Waals surface area contributed by atoms with Crippen molar-refractivity contribution in [2.45, 2.75) is 38.4 Å². The Labute approximate surface area is 170 Å². The van der Waals surface area contributed by atoms with Gasteiger partial charge in [-0.3, -0.25) is 14.5 Å². The van der Waals surface area contributed by atoms with Crippen molar-refractivity contribution in [3.05, 3.63) is 71.8 Å². The van der Waals surface area contributed by atoms with Crippen LogP contribution in [-0.4, -0.2) is 45.5 Å². The van der Waals surface area contributed by atoms with E-state index in [1.807, 2.05) is 60.7 Å². The van der Waals surface area contributed by atoms with E-state index in [0.29, 0.717) is 19.6 Å². The molecule has 2 rings (SSSR count). The van der Waals surface area contributed by atoms with Crippen LogP contribution in [0.3, 0.4) is 0 Å². The zero-order valence-corrected chi connectivity index (χ0v) is 16.2. The minimum atomic E-state index is -1.23. The highest BCUT2D eigenvalue weighted by Crippen LogP contribution is 2.11. The Hall–Kier alpha value is -3.19. The minimum Gasteiger partial charge on any atom is -0.481 e. The van der Waals surface area contributed by atoms with Gasteiger partial charge in [0.1, 0.15) is 6.04 Å². The van der Waals surface area contributed by atoms with Crippen molar-refractivity contribution in [3.8, 4) is 0 Å². The van der Waals surface area contributed by atoms with Crippen LogP contribution >= 0.6 is 0 Å². The molecule has 29 heavy (non-hydrogen) atoms. The van der Waals surface area contributed by atoms with Crippen molar-refractivity contribution < 1.29 is 24.6 Å². The van der Waals surface area contributed by atoms with Gasteiger partial charge in [0, 0.05) is 32.5 Å². The molecular formula is C22H26N2O5. The molecule has 0 saturated heterocycles. The average Bonchev–Trinajstić information content (AvgIpc) is 2.70. The lowest BCUT2D eigenvalue weighted by atomic mass is 10.1. The summed E-state index contributed by atoms with van der Waals surface area (Å²) in [5.41, 5.74) is 2.24. The van der Waals surface area contributed by atoms with Crippen molar-refractivity contribution in [1.82, 2.24) is 10.2 Å². The Morgan fingerprint density at radius 2 is 1.34 bits per heavy atom. The maximum Gasteiger partial charge on any atom is 0.326 e. The molecule has 1 atom stereocenters. The molecule has 154 valence electrons. The highest BCUT2D eigenvalue weighted by molar-refractivity contribution is 5.84. The van der Waals surface area contributed by atoms with Gasteiger partial charge in [0.2, 0.25) is 5.91 Å². The van der Waals surface area contributed by atoms with Gasteiger partial charge in [0.15, 0.2) is 0 Å². The van der Waals surface area contributed by atoms with Gasteiger partial charge < -0.3 is 15.5 Å². The molecule has 0 radical (unpaired) electrons. The molecule has 1 amide bonds. The third-order valence-corrected chi connectivity index (χ3v) is 4.43. The van der Waals surface area contributed by atoms with Crippen LogP contribution in [0.4, 0.5) is 0 Å². The van der Waals surface area contributed by atoms with E-state index in [1.165, 1.54) is 0 Å². The summed E-state index contributed by atoms with van der Waals surface area (Å²) >= 11 is 0. The molecule has 7 heteroatoms. The second-order valence-corrected chi connectivity index (χ2v) is 6.82. The molecule has 2 aromatic rings. The number of benzene rings is 2.